The zero-order valence-electron chi connectivity index (χ0n) is 20.3. The summed E-state index contributed by atoms with van der Waals surface area (Å²) in [5, 5.41) is 15.6. The van der Waals surface area contributed by atoms with Crippen molar-refractivity contribution in [1.82, 2.24) is 0 Å². The monoisotopic (exact) mass is 566 g/mol. The summed E-state index contributed by atoms with van der Waals surface area (Å²) in [5.41, 5.74) is 7.71. The molecule has 170 valence electrons. The van der Waals surface area contributed by atoms with Gasteiger partial charge in [0.25, 0.3) is 0 Å². The zero-order valence-corrected chi connectivity index (χ0v) is 23.3. The van der Waals surface area contributed by atoms with Crippen molar-refractivity contribution < 1.29 is 5.11 Å². The maximum absolute atomic E-state index is 10.2. The molecule has 0 unspecified atom stereocenters. The summed E-state index contributed by atoms with van der Waals surface area (Å²) in [4.78, 5) is 0. The van der Waals surface area contributed by atoms with Gasteiger partial charge in [0.15, 0.2) is 0 Å². The first-order valence-corrected chi connectivity index (χ1v) is 16.3. The SMILES string of the molecule is Cc1ccc(P(I)(c2ccc(O)cc2)(c2ccc(C)cc2C)c2ccc(C)cc2C)c(C)c1. The van der Waals surface area contributed by atoms with E-state index in [0.717, 1.165) is 0 Å². The molecule has 1 nitrogen and oxygen atoms in total. The van der Waals surface area contributed by atoms with Gasteiger partial charge in [0.2, 0.25) is 0 Å². The van der Waals surface area contributed by atoms with E-state index in [1.807, 2.05) is 12.1 Å². The van der Waals surface area contributed by atoms with Crippen LogP contribution >= 0.6 is 26.3 Å². The summed E-state index contributed by atoms with van der Waals surface area (Å²) in [6, 6.07) is 28.7. The Morgan fingerprint density at radius 3 is 1.15 bits per heavy atom. The summed E-state index contributed by atoms with van der Waals surface area (Å²) in [5.74, 6) is 0.294. The standard InChI is InChI=1S/C30H32IOP/c1-20-7-14-28(23(4)17-20)33(31,27-12-10-26(32)11-13-27,29-15-8-21(2)18-24(29)5)30-16-9-22(3)19-25(30)6/h7-19,32H,1-6H3. The third-order valence-corrected chi connectivity index (χ3v) is 18.6. The fourth-order valence-electron chi connectivity index (χ4n) is 5.37. The van der Waals surface area contributed by atoms with Crippen LogP contribution < -0.4 is 21.2 Å². The normalized spacial score (nSPS) is 12.9. The van der Waals surface area contributed by atoms with E-state index in [9.17, 15) is 5.11 Å². The number of halogens is 1. The second-order valence-corrected chi connectivity index (χ2v) is 19.2. The number of hydrogen-bond acceptors (Lipinski definition) is 1. The van der Waals surface area contributed by atoms with E-state index in [0.29, 0.717) is 5.75 Å². The van der Waals surface area contributed by atoms with E-state index >= 15 is 0 Å². The molecule has 0 aliphatic heterocycles. The van der Waals surface area contributed by atoms with E-state index in [1.165, 1.54) is 54.6 Å². The van der Waals surface area contributed by atoms with E-state index < -0.39 is 4.25 Å². The molecule has 1 N–H and O–H groups in total. The van der Waals surface area contributed by atoms with Crippen molar-refractivity contribution in [2.45, 2.75) is 41.5 Å². The molecule has 33 heavy (non-hydrogen) atoms. The number of rotatable bonds is 4. The van der Waals surface area contributed by atoms with Gasteiger partial charge in [0.05, 0.1) is 0 Å². The third kappa shape index (κ3) is 3.72. The van der Waals surface area contributed by atoms with Gasteiger partial charge in [-0.05, 0) is 0 Å². The van der Waals surface area contributed by atoms with Crippen LogP contribution in [0.4, 0.5) is 0 Å². The van der Waals surface area contributed by atoms with Crippen molar-refractivity contribution in [2.24, 2.45) is 0 Å². The molecule has 4 aromatic carbocycles. The molecule has 4 rings (SSSR count). The molecule has 0 saturated heterocycles. The molecule has 0 radical (unpaired) electrons. The number of benzene rings is 4. The van der Waals surface area contributed by atoms with Crippen LogP contribution in [0.15, 0.2) is 78.9 Å². The number of hydrogen-bond donors (Lipinski definition) is 1. The maximum atomic E-state index is 10.2. The first-order chi connectivity index (χ1) is 15.6. The first-order valence-electron chi connectivity index (χ1n) is 11.3. The van der Waals surface area contributed by atoms with Crippen molar-refractivity contribution in [2.75, 3.05) is 0 Å². The Morgan fingerprint density at radius 1 is 0.515 bits per heavy atom. The quantitative estimate of drug-likeness (QED) is 0.214. The molecule has 0 spiro atoms. The number of phenols is 1. The molecule has 0 aliphatic rings. The summed E-state index contributed by atoms with van der Waals surface area (Å²) >= 11 is 2.84. The molecule has 0 heterocycles. The Kier molecular flexibility index (Phi) is 6.22. The van der Waals surface area contributed by atoms with Gasteiger partial charge in [-0.15, -0.1) is 0 Å². The molecular weight excluding hydrogens is 534 g/mol. The first kappa shape index (κ1) is 24.0. The van der Waals surface area contributed by atoms with Gasteiger partial charge in [0, 0.05) is 0 Å². The average molecular weight is 566 g/mol. The summed E-state index contributed by atoms with van der Waals surface area (Å²) in [6.07, 6.45) is 0. The van der Waals surface area contributed by atoms with Crippen molar-refractivity contribution in [3.8, 4) is 5.75 Å². The summed E-state index contributed by atoms with van der Waals surface area (Å²) in [6.45, 7) is 13.2. The Bertz CT molecular complexity index is 1230. The molecule has 0 atom stereocenters. The van der Waals surface area contributed by atoms with E-state index in [1.54, 1.807) is 0 Å². The molecule has 0 bridgehead atoms. The minimum absolute atomic E-state index is 0.294. The molecule has 0 amide bonds. The molecule has 4 aromatic rings. The number of aryl methyl sites for hydroxylation is 6. The number of aromatic hydroxyl groups is 1. The van der Waals surface area contributed by atoms with Crippen molar-refractivity contribution in [3.63, 3.8) is 0 Å². The second kappa shape index (κ2) is 8.56. The van der Waals surface area contributed by atoms with E-state index in [4.69, 9.17) is 0 Å². The van der Waals surface area contributed by atoms with E-state index in [2.05, 4.69) is 130 Å². The Morgan fingerprint density at radius 2 is 0.848 bits per heavy atom. The fraction of sp³-hybridized carbons (Fsp3) is 0.200. The van der Waals surface area contributed by atoms with Gasteiger partial charge < -0.3 is 0 Å². The van der Waals surface area contributed by atoms with E-state index in [-0.39, 0.29) is 0 Å². The van der Waals surface area contributed by atoms with Crippen LogP contribution in [0, 0.1) is 41.5 Å². The topological polar surface area (TPSA) is 20.2 Å². The molecule has 0 aromatic heterocycles. The fourth-order valence-corrected chi connectivity index (χ4v) is 16.8. The van der Waals surface area contributed by atoms with Crippen LogP contribution in [0.1, 0.15) is 33.4 Å². The Balaban J connectivity index is 2.33. The minimum atomic E-state index is -3.20. The average Bonchev–Trinajstić information content (AvgIpc) is 2.73. The molecule has 0 saturated carbocycles. The van der Waals surface area contributed by atoms with Gasteiger partial charge in [0.1, 0.15) is 0 Å². The van der Waals surface area contributed by atoms with Crippen molar-refractivity contribution >= 4 is 47.5 Å². The summed E-state index contributed by atoms with van der Waals surface area (Å²) in [7, 11) is 0. The van der Waals surface area contributed by atoms with Crippen LogP contribution in [-0.4, -0.2) is 5.11 Å². The Hall–Kier alpha value is -2.16. The molecule has 0 fully saturated rings. The predicted octanol–water partition coefficient (Wildman–Crippen LogP) is 6.75. The van der Waals surface area contributed by atoms with Crippen LogP contribution in [0.25, 0.3) is 0 Å². The molecular formula is C30H32IOP. The predicted molar refractivity (Wildman–Crippen MR) is 155 cm³/mol. The second-order valence-electron chi connectivity index (χ2n) is 9.40. The number of phenolic OH excluding ortho intramolecular Hbond substituents is 1. The molecule has 0 aliphatic carbocycles. The zero-order chi connectivity index (χ0) is 24.0. The van der Waals surface area contributed by atoms with Crippen LogP contribution in [0.3, 0.4) is 0 Å². The van der Waals surface area contributed by atoms with Crippen molar-refractivity contribution in [3.05, 3.63) is 112 Å². The van der Waals surface area contributed by atoms with Gasteiger partial charge in [-0.2, -0.15) is 0 Å². The Labute approximate surface area is 211 Å². The van der Waals surface area contributed by atoms with Crippen LogP contribution in [0.2, 0.25) is 0 Å². The van der Waals surface area contributed by atoms with Gasteiger partial charge in [-0.25, -0.2) is 0 Å². The van der Waals surface area contributed by atoms with Crippen molar-refractivity contribution in [1.29, 1.82) is 0 Å². The van der Waals surface area contributed by atoms with Gasteiger partial charge >= 0.3 is 212 Å². The van der Waals surface area contributed by atoms with Crippen LogP contribution in [0.5, 0.6) is 5.75 Å². The van der Waals surface area contributed by atoms with Crippen LogP contribution in [-0.2, 0) is 0 Å². The van der Waals surface area contributed by atoms with Gasteiger partial charge in [-0.1, -0.05) is 0 Å². The summed E-state index contributed by atoms with van der Waals surface area (Å²) < 4.78 is -3.20. The molecule has 3 heteroatoms. The van der Waals surface area contributed by atoms with Gasteiger partial charge in [-0.3, -0.25) is 0 Å². The third-order valence-electron chi connectivity index (χ3n) is 6.75.